The van der Waals surface area contributed by atoms with Crippen LogP contribution in [-0.2, 0) is 16.6 Å². The molecule has 1 saturated carbocycles. The number of benzene rings is 1. The Kier molecular flexibility index (Phi) is 4.91. The molecule has 1 aromatic carbocycles. The summed E-state index contributed by atoms with van der Waals surface area (Å²) in [5.74, 6) is 0.721. The topological polar surface area (TPSA) is 90.3 Å². The van der Waals surface area contributed by atoms with Gasteiger partial charge in [-0.2, -0.15) is 5.10 Å². The highest BCUT2D eigenvalue weighted by molar-refractivity contribution is 7.89. The highest BCUT2D eigenvalue weighted by atomic mass is 32.2. The minimum atomic E-state index is -3.74. The first kappa shape index (κ1) is 17.6. The maximum Gasteiger partial charge on any atom is 0.266 e. The van der Waals surface area contributed by atoms with Crippen molar-refractivity contribution in [3.05, 3.63) is 51.9 Å². The van der Waals surface area contributed by atoms with Gasteiger partial charge in [0.2, 0.25) is 10.0 Å². The maximum atomic E-state index is 12.5. The standard InChI is InChI=1S/C17H21N3O4S/c1-12-3-7-16(15(11-12)24-2)25(22,23)18-9-10-20-17(21)8-6-14(19-20)13-4-5-13/h3,6-8,11,13,18H,4-5,9-10H2,1-2H3. The van der Waals surface area contributed by atoms with E-state index >= 15 is 0 Å². The van der Waals surface area contributed by atoms with E-state index in [1.807, 2.05) is 6.92 Å². The minimum absolute atomic E-state index is 0.0698. The minimum Gasteiger partial charge on any atom is -0.495 e. The molecular formula is C17H21N3O4S. The number of nitrogens with one attached hydrogen (secondary N) is 1. The van der Waals surface area contributed by atoms with E-state index in [4.69, 9.17) is 4.74 Å². The van der Waals surface area contributed by atoms with Gasteiger partial charge < -0.3 is 4.74 Å². The SMILES string of the molecule is COc1cc(C)ccc1S(=O)(=O)NCCn1nc(C2CC2)ccc1=O. The van der Waals surface area contributed by atoms with Crippen molar-refractivity contribution >= 4 is 10.0 Å². The van der Waals surface area contributed by atoms with Gasteiger partial charge >= 0.3 is 0 Å². The van der Waals surface area contributed by atoms with E-state index in [0.29, 0.717) is 11.7 Å². The molecule has 0 saturated heterocycles. The smallest absolute Gasteiger partial charge is 0.266 e. The highest BCUT2D eigenvalue weighted by Gasteiger charge is 2.25. The molecule has 0 aliphatic heterocycles. The second-order valence-corrected chi connectivity index (χ2v) is 7.88. The number of rotatable bonds is 7. The lowest BCUT2D eigenvalue weighted by atomic mass is 10.2. The third-order valence-corrected chi connectivity index (χ3v) is 5.61. The van der Waals surface area contributed by atoms with Gasteiger partial charge in [-0.15, -0.1) is 0 Å². The average Bonchev–Trinajstić information content (AvgIpc) is 3.41. The Bertz CT molecular complexity index is 933. The molecule has 1 fully saturated rings. The molecule has 0 atom stereocenters. The van der Waals surface area contributed by atoms with Crippen LogP contribution in [0.3, 0.4) is 0 Å². The third kappa shape index (κ3) is 4.08. The quantitative estimate of drug-likeness (QED) is 0.803. The van der Waals surface area contributed by atoms with Gasteiger partial charge in [0, 0.05) is 18.5 Å². The van der Waals surface area contributed by atoms with Gasteiger partial charge in [0.1, 0.15) is 10.6 Å². The Hall–Kier alpha value is -2.19. The van der Waals surface area contributed by atoms with Crippen molar-refractivity contribution < 1.29 is 13.2 Å². The molecule has 2 aromatic rings. The van der Waals surface area contributed by atoms with Crippen LogP contribution in [0.25, 0.3) is 0 Å². The van der Waals surface area contributed by atoms with Crippen molar-refractivity contribution in [1.29, 1.82) is 0 Å². The Balaban J connectivity index is 1.71. The second kappa shape index (κ2) is 6.97. The molecule has 1 aliphatic rings. The van der Waals surface area contributed by atoms with Gasteiger partial charge in [-0.1, -0.05) is 6.07 Å². The van der Waals surface area contributed by atoms with Crippen LogP contribution in [0.4, 0.5) is 0 Å². The molecule has 25 heavy (non-hydrogen) atoms. The summed E-state index contributed by atoms with van der Waals surface area (Å²) in [6.07, 6.45) is 2.18. The Morgan fingerprint density at radius 1 is 1.28 bits per heavy atom. The van der Waals surface area contributed by atoms with Crippen LogP contribution < -0.4 is 15.0 Å². The highest BCUT2D eigenvalue weighted by Crippen LogP contribution is 2.38. The summed E-state index contributed by atoms with van der Waals surface area (Å²) in [4.78, 5) is 12.0. The summed E-state index contributed by atoms with van der Waals surface area (Å²) >= 11 is 0. The van der Waals surface area contributed by atoms with Crippen LogP contribution in [-0.4, -0.2) is 31.9 Å². The van der Waals surface area contributed by atoms with E-state index in [9.17, 15) is 13.2 Å². The normalized spacial score (nSPS) is 14.5. The number of ether oxygens (including phenoxy) is 1. The molecule has 134 valence electrons. The number of methoxy groups -OCH3 is 1. The van der Waals surface area contributed by atoms with E-state index in [-0.39, 0.29) is 23.5 Å². The fourth-order valence-electron chi connectivity index (χ4n) is 2.58. The fourth-order valence-corrected chi connectivity index (χ4v) is 3.75. The van der Waals surface area contributed by atoms with Crippen molar-refractivity contribution in [3.8, 4) is 5.75 Å². The van der Waals surface area contributed by atoms with Gasteiger partial charge in [0.25, 0.3) is 5.56 Å². The molecule has 1 N–H and O–H groups in total. The summed E-state index contributed by atoms with van der Waals surface area (Å²) in [7, 11) is -2.30. The first-order valence-electron chi connectivity index (χ1n) is 8.13. The van der Waals surface area contributed by atoms with Gasteiger partial charge in [0.05, 0.1) is 19.3 Å². The number of aromatic nitrogens is 2. The average molecular weight is 363 g/mol. The Morgan fingerprint density at radius 3 is 2.72 bits per heavy atom. The van der Waals surface area contributed by atoms with Gasteiger partial charge in [-0.05, 0) is 43.5 Å². The molecule has 0 bridgehead atoms. The number of hydrogen-bond donors (Lipinski definition) is 1. The molecule has 1 aliphatic carbocycles. The lowest BCUT2D eigenvalue weighted by Crippen LogP contribution is -2.32. The molecule has 1 heterocycles. The van der Waals surface area contributed by atoms with Gasteiger partial charge in [-0.25, -0.2) is 17.8 Å². The molecule has 7 nitrogen and oxygen atoms in total. The van der Waals surface area contributed by atoms with E-state index in [0.717, 1.165) is 24.1 Å². The number of aryl methyl sites for hydroxylation is 1. The summed E-state index contributed by atoms with van der Waals surface area (Å²) in [5.41, 5.74) is 1.56. The molecule has 0 radical (unpaired) electrons. The lowest BCUT2D eigenvalue weighted by Gasteiger charge is -2.12. The zero-order chi connectivity index (χ0) is 18.0. The fraction of sp³-hybridized carbons (Fsp3) is 0.412. The zero-order valence-corrected chi connectivity index (χ0v) is 15.0. The molecule has 0 unspecified atom stereocenters. The maximum absolute atomic E-state index is 12.5. The first-order valence-corrected chi connectivity index (χ1v) is 9.61. The van der Waals surface area contributed by atoms with Crippen LogP contribution in [0.1, 0.15) is 30.0 Å². The van der Waals surface area contributed by atoms with Crippen molar-refractivity contribution in [2.75, 3.05) is 13.7 Å². The lowest BCUT2D eigenvalue weighted by molar-refractivity contribution is 0.402. The van der Waals surface area contributed by atoms with Crippen LogP contribution in [0.15, 0.2) is 40.0 Å². The zero-order valence-electron chi connectivity index (χ0n) is 14.2. The van der Waals surface area contributed by atoms with Crippen LogP contribution in [0.5, 0.6) is 5.75 Å². The first-order chi connectivity index (χ1) is 11.9. The number of sulfonamides is 1. The number of nitrogens with zero attached hydrogens (tertiary/aromatic N) is 2. The monoisotopic (exact) mass is 363 g/mol. The predicted octanol–water partition coefficient (Wildman–Crippen LogP) is 1.42. The molecule has 1 aromatic heterocycles. The molecule has 0 amide bonds. The van der Waals surface area contributed by atoms with Crippen molar-refractivity contribution in [2.45, 2.75) is 37.1 Å². The molecule has 3 rings (SSSR count). The summed E-state index contributed by atoms with van der Waals surface area (Å²) in [6.45, 7) is 2.10. The van der Waals surface area contributed by atoms with Crippen molar-refractivity contribution in [3.63, 3.8) is 0 Å². The van der Waals surface area contributed by atoms with Crippen molar-refractivity contribution in [1.82, 2.24) is 14.5 Å². The van der Waals surface area contributed by atoms with Crippen LogP contribution in [0.2, 0.25) is 0 Å². The van der Waals surface area contributed by atoms with Crippen molar-refractivity contribution in [2.24, 2.45) is 0 Å². The van der Waals surface area contributed by atoms with E-state index in [1.165, 1.54) is 23.9 Å². The van der Waals surface area contributed by atoms with Crippen LogP contribution >= 0.6 is 0 Å². The predicted molar refractivity (Wildman–Crippen MR) is 93.4 cm³/mol. The second-order valence-electron chi connectivity index (χ2n) is 6.15. The molecule has 0 spiro atoms. The van der Waals surface area contributed by atoms with E-state index < -0.39 is 10.0 Å². The Labute approximate surface area is 146 Å². The van der Waals surface area contributed by atoms with E-state index in [2.05, 4.69) is 9.82 Å². The summed E-state index contributed by atoms with van der Waals surface area (Å²) in [5, 5.41) is 4.32. The third-order valence-electron chi connectivity index (χ3n) is 4.11. The largest absolute Gasteiger partial charge is 0.495 e. The van der Waals surface area contributed by atoms with Gasteiger partial charge in [0.15, 0.2) is 0 Å². The van der Waals surface area contributed by atoms with Gasteiger partial charge in [-0.3, -0.25) is 4.79 Å². The molecular weight excluding hydrogens is 342 g/mol. The van der Waals surface area contributed by atoms with E-state index in [1.54, 1.807) is 18.2 Å². The number of hydrogen-bond acceptors (Lipinski definition) is 5. The summed E-state index contributed by atoms with van der Waals surface area (Å²) in [6, 6.07) is 8.12. The molecule has 8 heteroatoms. The summed E-state index contributed by atoms with van der Waals surface area (Å²) < 4.78 is 33.9. The Morgan fingerprint density at radius 2 is 2.04 bits per heavy atom. The van der Waals surface area contributed by atoms with Crippen LogP contribution in [0, 0.1) is 6.92 Å².